The molecule has 0 spiro atoms. The normalized spacial score (nSPS) is 10.0. The Morgan fingerprint density at radius 1 is 1.09 bits per heavy atom. The van der Waals surface area contributed by atoms with Crippen molar-refractivity contribution in [3.05, 3.63) is 0 Å². The molecule has 0 bridgehead atoms. The van der Waals surface area contributed by atoms with E-state index in [1.165, 1.54) is 12.8 Å². The van der Waals surface area contributed by atoms with Crippen LogP contribution < -0.4 is 0 Å². The highest BCUT2D eigenvalue weighted by atomic mass is 15.1. The highest BCUT2D eigenvalue weighted by Crippen LogP contribution is 1.94. The molecule has 0 amide bonds. The van der Waals surface area contributed by atoms with Crippen LogP contribution in [0.4, 0.5) is 0 Å². The van der Waals surface area contributed by atoms with Gasteiger partial charge in [-0.05, 0) is 25.9 Å². The first-order valence-electron chi connectivity index (χ1n) is 4.44. The molecule has 2 heteroatoms. The summed E-state index contributed by atoms with van der Waals surface area (Å²) in [5.74, 6) is 0. The van der Waals surface area contributed by atoms with Gasteiger partial charge in [0.25, 0.3) is 0 Å². The molecule has 0 heterocycles. The smallest absolute Gasteiger partial charge is 0.0635 e. The van der Waals surface area contributed by atoms with E-state index in [0.29, 0.717) is 6.42 Å². The topological polar surface area (TPSA) is 27.0 Å². The lowest BCUT2D eigenvalue weighted by atomic mass is 10.3. The van der Waals surface area contributed by atoms with Crippen LogP contribution in [0.15, 0.2) is 0 Å². The molecule has 0 aliphatic heterocycles. The third-order valence-electron chi connectivity index (χ3n) is 1.62. The Balaban J connectivity index is 3.44. The second kappa shape index (κ2) is 7.56. The quantitative estimate of drug-likeness (QED) is 0.585. The summed E-state index contributed by atoms with van der Waals surface area (Å²) in [5.41, 5.74) is 0. The Kier molecular flexibility index (Phi) is 7.18. The maximum atomic E-state index is 8.37. The van der Waals surface area contributed by atoms with E-state index in [2.05, 4.69) is 24.8 Å². The molecule has 0 N–H and O–H groups in total. The van der Waals surface area contributed by atoms with Gasteiger partial charge >= 0.3 is 0 Å². The Hall–Kier alpha value is -0.550. The van der Waals surface area contributed by atoms with Gasteiger partial charge in [0.1, 0.15) is 0 Å². The summed E-state index contributed by atoms with van der Waals surface area (Å²) in [5, 5.41) is 8.37. The van der Waals surface area contributed by atoms with E-state index < -0.39 is 0 Å². The van der Waals surface area contributed by atoms with Gasteiger partial charge in [-0.15, -0.1) is 0 Å². The predicted molar refractivity (Wildman–Crippen MR) is 47.3 cm³/mol. The fraction of sp³-hybridized carbons (Fsp3) is 0.889. The lowest BCUT2D eigenvalue weighted by molar-refractivity contribution is 0.281. The minimum absolute atomic E-state index is 0.667. The van der Waals surface area contributed by atoms with Gasteiger partial charge in [-0.3, -0.25) is 0 Å². The van der Waals surface area contributed by atoms with Gasteiger partial charge in [-0.1, -0.05) is 13.8 Å². The minimum Gasteiger partial charge on any atom is -0.302 e. The summed E-state index contributed by atoms with van der Waals surface area (Å²) >= 11 is 0. The van der Waals surface area contributed by atoms with Crippen molar-refractivity contribution >= 4 is 0 Å². The van der Waals surface area contributed by atoms with Gasteiger partial charge in [-0.25, -0.2) is 0 Å². The van der Waals surface area contributed by atoms with Crippen LogP contribution in [0.25, 0.3) is 0 Å². The lowest BCUT2D eigenvalue weighted by Gasteiger charge is -2.18. The van der Waals surface area contributed by atoms with Crippen molar-refractivity contribution in [3.8, 4) is 6.07 Å². The summed E-state index contributed by atoms with van der Waals surface area (Å²) in [4.78, 5) is 2.35. The standard InChI is InChI=1S/C9H18N2/c1-3-7-11(8-4-2)9-5-6-10/h3-5,7-9H2,1-2H3. The highest BCUT2D eigenvalue weighted by molar-refractivity contribution is 4.71. The summed E-state index contributed by atoms with van der Waals surface area (Å²) in [6, 6.07) is 2.17. The van der Waals surface area contributed by atoms with Crippen molar-refractivity contribution in [2.45, 2.75) is 33.1 Å². The number of rotatable bonds is 6. The number of nitriles is 1. The van der Waals surface area contributed by atoms with Crippen LogP contribution in [0.2, 0.25) is 0 Å². The average Bonchev–Trinajstić information content (AvgIpc) is 2.01. The molecule has 0 aromatic carbocycles. The summed E-state index contributed by atoms with van der Waals surface area (Å²) in [6.45, 7) is 7.56. The van der Waals surface area contributed by atoms with Crippen molar-refractivity contribution in [3.63, 3.8) is 0 Å². The second-order valence-electron chi connectivity index (χ2n) is 2.75. The van der Waals surface area contributed by atoms with E-state index in [9.17, 15) is 0 Å². The summed E-state index contributed by atoms with van der Waals surface area (Å²) in [7, 11) is 0. The molecule has 0 aromatic rings. The van der Waals surface area contributed by atoms with Crippen LogP contribution in [0.1, 0.15) is 33.1 Å². The first kappa shape index (κ1) is 10.4. The van der Waals surface area contributed by atoms with E-state index in [1.54, 1.807) is 0 Å². The van der Waals surface area contributed by atoms with Crippen molar-refractivity contribution < 1.29 is 0 Å². The molecular formula is C9H18N2. The molecule has 11 heavy (non-hydrogen) atoms. The Labute approximate surface area is 69.8 Å². The number of hydrogen-bond donors (Lipinski definition) is 0. The van der Waals surface area contributed by atoms with E-state index in [-0.39, 0.29) is 0 Å². The number of hydrogen-bond acceptors (Lipinski definition) is 2. The van der Waals surface area contributed by atoms with E-state index >= 15 is 0 Å². The Morgan fingerprint density at radius 3 is 2.00 bits per heavy atom. The molecule has 0 fully saturated rings. The van der Waals surface area contributed by atoms with Gasteiger partial charge in [-0.2, -0.15) is 5.26 Å². The van der Waals surface area contributed by atoms with Gasteiger partial charge in [0.15, 0.2) is 0 Å². The van der Waals surface area contributed by atoms with E-state index in [0.717, 1.165) is 19.6 Å². The maximum absolute atomic E-state index is 8.37. The third-order valence-corrected chi connectivity index (χ3v) is 1.62. The van der Waals surface area contributed by atoms with Crippen molar-refractivity contribution in [1.29, 1.82) is 5.26 Å². The molecule has 0 radical (unpaired) electrons. The molecular weight excluding hydrogens is 136 g/mol. The molecule has 0 aliphatic rings. The Morgan fingerprint density at radius 2 is 1.64 bits per heavy atom. The Bertz CT molecular complexity index is 109. The SMILES string of the molecule is CCCN(CCC)CCC#N. The minimum atomic E-state index is 0.667. The zero-order chi connectivity index (χ0) is 8.53. The van der Waals surface area contributed by atoms with E-state index in [1.807, 2.05) is 0 Å². The monoisotopic (exact) mass is 154 g/mol. The van der Waals surface area contributed by atoms with Gasteiger partial charge in [0, 0.05) is 13.0 Å². The van der Waals surface area contributed by atoms with Crippen molar-refractivity contribution in [2.75, 3.05) is 19.6 Å². The fourth-order valence-electron chi connectivity index (χ4n) is 1.18. The lowest BCUT2D eigenvalue weighted by Crippen LogP contribution is -2.26. The second-order valence-corrected chi connectivity index (χ2v) is 2.75. The average molecular weight is 154 g/mol. The molecule has 64 valence electrons. The third kappa shape index (κ3) is 5.87. The molecule has 0 rings (SSSR count). The van der Waals surface area contributed by atoms with Gasteiger partial charge < -0.3 is 4.90 Å². The van der Waals surface area contributed by atoms with Crippen LogP contribution in [-0.4, -0.2) is 24.5 Å². The molecule has 0 unspecified atom stereocenters. The molecule has 0 aliphatic carbocycles. The van der Waals surface area contributed by atoms with Crippen LogP contribution >= 0.6 is 0 Å². The van der Waals surface area contributed by atoms with E-state index in [4.69, 9.17) is 5.26 Å². The zero-order valence-corrected chi connectivity index (χ0v) is 7.64. The van der Waals surface area contributed by atoms with Crippen LogP contribution in [0, 0.1) is 11.3 Å². The highest BCUT2D eigenvalue weighted by Gasteiger charge is 1.99. The van der Waals surface area contributed by atoms with Crippen molar-refractivity contribution in [2.24, 2.45) is 0 Å². The summed E-state index contributed by atoms with van der Waals surface area (Å²) in [6.07, 6.45) is 3.04. The van der Waals surface area contributed by atoms with Crippen LogP contribution in [0.3, 0.4) is 0 Å². The predicted octanol–water partition coefficient (Wildman–Crippen LogP) is 2.02. The van der Waals surface area contributed by atoms with Crippen LogP contribution in [0.5, 0.6) is 0 Å². The first-order valence-corrected chi connectivity index (χ1v) is 4.44. The molecule has 0 atom stereocenters. The first-order chi connectivity index (χ1) is 5.35. The number of nitrogens with zero attached hydrogens (tertiary/aromatic N) is 2. The maximum Gasteiger partial charge on any atom is 0.0635 e. The van der Waals surface area contributed by atoms with Crippen molar-refractivity contribution in [1.82, 2.24) is 4.90 Å². The molecule has 0 saturated carbocycles. The zero-order valence-electron chi connectivity index (χ0n) is 7.64. The molecule has 2 nitrogen and oxygen atoms in total. The summed E-state index contributed by atoms with van der Waals surface area (Å²) < 4.78 is 0. The van der Waals surface area contributed by atoms with Gasteiger partial charge in [0.05, 0.1) is 6.07 Å². The molecule has 0 saturated heterocycles. The van der Waals surface area contributed by atoms with Crippen LogP contribution in [-0.2, 0) is 0 Å². The molecule has 0 aromatic heterocycles. The largest absolute Gasteiger partial charge is 0.302 e. The fourth-order valence-corrected chi connectivity index (χ4v) is 1.18. The van der Waals surface area contributed by atoms with Gasteiger partial charge in [0.2, 0.25) is 0 Å².